The summed E-state index contributed by atoms with van der Waals surface area (Å²) in [4.78, 5) is 16.5. The number of aryl methyl sites for hydroxylation is 2. The van der Waals surface area contributed by atoms with Crippen LogP contribution in [0.3, 0.4) is 0 Å². The lowest BCUT2D eigenvalue weighted by molar-refractivity contribution is -0.119. The van der Waals surface area contributed by atoms with E-state index in [1.807, 2.05) is 46.0 Å². The smallest absolute Gasteiger partial charge is 0.257 e. The minimum Gasteiger partial charge on any atom is -0.334 e. The summed E-state index contributed by atoms with van der Waals surface area (Å²) in [6.45, 7) is 6.44. The number of nitrogens with one attached hydrogen (secondary N) is 2. The molecule has 1 aromatic heterocycles. The van der Waals surface area contributed by atoms with Crippen molar-refractivity contribution in [1.29, 1.82) is 0 Å². The fourth-order valence-corrected chi connectivity index (χ4v) is 2.06. The largest absolute Gasteiger partial charge is 0.334 e. The van der Waals surface area contributed by atoms with E-state index < -0.39 is 0 Å². The van der Waals surface area contributed by atoms with Gasteiger partial charge in [-0.1, -0.05) is 25.1 Å². The molecule has 1 atom stereocenters. The van der Waals surface area contributed by atoms with Crippen LogP contribution in [0.4, 0.5) is 5.69 Å². The molecular weight excluding hydrogens is 280 g/mol. The molecule has 6 nitrogen and oxygen atoms in total. The number of benzene rings is 1. The Labute approximate surface area is 130 Å². The number of hydrogen-bond donors (Lipinski definition) is 2. The molecule has 1 heterocycles. The molecule has 1 aromatic carbocycles. The highest BCUT2D eigenvalue weighted by molar-refractivity contribution is 5.93. The van der Waals surface area contributed by atoms with Crippen LogP contribution in [-0.4, -0.2) is 29.6 Å². The normalized spacial score (nSPS) is 12.2. The van der Waals surface area contributed by atoms with Gasteiger partial charge in [-0.15, -0.1) is 0 Å². The lowest BCUT2D eigenvalue weighted by Gasteiger charge is -2.13. The van der Waals surface area contributed by atoms with E-state index in [1.54, 1.807) is 0 Å². The number of nitrogens with zero attached hydrogens (tertiary/aromatic N) is 2. The summed E-state index contributed by atoms with van der Waals surface area (Å²) in [7, 11) is 1.83. The van der Waals surface area contributed by atoms with Crippen molar-refractivity contribution in [2.45, 2.75) is 27.2 Å². The Morgan fingerprint density at radius 2 is 2.18 bits per heavy atom. The van der Waals surface area contributed by atoms with Crippen molar-refractivity contribution in [2.75, 3.05) is 18.9 Å². The molecule has 2 N–H and O–H groups in total. The van der Waals surface area contributed by atoms with E-state index >= 15 is 0 Å². The van der Waals surface area contributed by atoms with Crippen LogP contribution in [0.15, 0.2) is 22.7 Å². The molecule has 22 heavy (non-hydrogen) atoms. The van der Waals surface area contributed by atoms with Gasteiger partial charge in [0.1, 0.15) is 0 Å². The Balaban J connectivity index is 2.21. The molecule has 0 aliphatic carbocycles. The van der Waals surface area contributed by atoms with Gasteiger partial charge in [-0.25, -0.2) is 0 Å². The van der Waals surface area contributed by atoms with Crippen molar-refractivity contribution < 1.29 is 9.32 Å². The van der Waals surface area contributed by atoms with Gasteiger partial charge < -0.3 is 15.2 Å². The van der Waals surface area contributed by atoms with Crippen molar-refractivity contribution in [2.24, 2.45) is 5.92 Å². The topological polar surface area (TPSA) is 80.0 Å². The average Bonchev–Trinajstić information content (AvgIpc) is 2.98. The molecule has 0 radical (unpaired) electrons. The molecule has 0 bridgehead atoms. The number of aromatic nitrogens is 2. The average molecular weight is 302 g/mol. The van der Waals surface area contributed by atoms with Crippen molar-refractivity contribution in [1.82, 2.24) is 15.5 Å². The maximum atomic E-state index is 12.2. The third kappa shape index (κ3) is 3.71. The van der Waals surface area contributed by atoms with Gasteiger partial charge in [0, 0.05) is 30.1 Å². The van der Waals surface area contributed by atoms with Crippen molar-refractivity contribution in [3.05, 3.63) is 29.6 Å². The van der Waals surface area contributed by atoms with E-state index in [4.69, 9.17) is 4.52 Å². The first kappa shape index (κ1) is 16.2. The molecule has 0 aliphatic rings. The van der Waals surface area contributed by atoms with E-state index in [2.05, 4.69) is 20.8 Å². The van der Waals surface area contributed by atoms with Crippen LogP contribution in [-0.2, 0) is 11.2 Å². The van der Waals surface area contributed by atoms with Gasteiger partial charge in [-0.2, -0.15) is 4.98 Å². The van der Waals surface area contributed by atoms with Crippen LogP contribution < -0.4 is 10.6 Å². The van der Waals surface area contributed by atoms with Gasteiger partial charge in [0.05, 0.1) is 0 Å². The Kier molecular flexibility index (Phi) is 5.27. The summed E-state index contributed by atoms with van der Waals surface area (Å²) in [6, 6.07) is 5.71. The number of anilines is 1. The summed E-state index contributed by atoms with van der Waals surface area (Å²) < 4.78 is 5.24. The zero-order valence-corrected chi connectivity index (χ0v) is 13.4. The fraction of sp³-hybridized carbons (Fsp3) is 0.438. The maximum Gasteiger partial charge on any atom is 0.257 e. The standard InChI is InChI=1S/C16H22N4O2/c1-5-14-19-16(22-20-14)12-7-6-10(2)13(8-12)18-15(21)11(3)9-17-4/h6-8,11,17H,5,9H2,1-4H3,(H,18,21). The molecule has 0 aliphatic heterocycles. The van der Waals surface area contributed by atoms with Crippen molar-refractivity contribution in [3.8, 4) is 11.5 Å². The number of rotatable bonds is 6. The number of hydrogen-bond acceptors (Lipinski definition) is 5. The second-order valence-electron chi connectivity index (χ2n) is 5.35. The second-order valence-corrected chi connectivity index (χ2v) is 5.35. The first-order valence-corrected chi connectivity index (χ1v) is 7.44. The lowest BCUT2D eigenvalue weighted by atomic mass is 10.1. The first-order chi connectivity index (χ1) is 10.5. The summed E-state index contributed by atoms with van der Waals surface area (Å²) in [6.07, 6.45) is 0.723. The molecule has 2 aromatic rings. The van der Waals surface area contributed by atoms with Crippen LogP contribution in [0.25, 0.3) is 11.5 Å². The summed E-state index contributed by atoms with van der Waals surface area (Å²) >= 11 is 0. The fourth-order valence-electron chi connectivity index (χ4n) is 2.06. The van der Waals surface area contributed by atoms with E-state index in [1.165, 1.54) is 0 Å². The van der Waals surface area contributed by atoms with E-state index in [0.29, 0.717) is 18.3 Å². The molecular formula is C16H22N4O2. The maximum absolute atomic E-state index is 12.2. The lowest BCUT2D eigenvalue weighted by Crippen LogP contribution is -2.28. The van der Waals surface area contributed by atoms with E-state index in [0.717, 1.165) is 23.2 Å². The van der Waals surface area contributed by atoms with Crippen LogP contribution in [0.5, 0.6) is 0 Å². The quantitative estimate of drug-likeness (QED) is 0.856. The molecule has 1 unspecified atom stereocenters. The van der Waals surface area contributed by atoms with Crippen LogP contribution in [0, 0.1) is 12.8 Å². The first-order valence-electron chi connectivity index (χ1n) is 7.44. The molecule has 0 saturated heterocycles. The van der Waals surface area contributed by atoms with Gasteiger partial charge in [0.15, 0.2) is 5.82 Å². The van der Waals surface area contributed by atoms with Gasteiger partial charge in [-0.05, 0) is 31.7 Å². The second kappa shape index (κ2) is 7.17. The number of amides is 1. The predicted octanol–water partition coefficient (Wildman–Crippen LogP) is 2.40. The molecule has 0 saturated carbocycles. The monoisotopic (exact) mass is 302 g/mol. The third-order valence-corrected chi connectivity index (χ3v) is 3.48. The van der Waals surface area contributed by atoms with E-state index in [-0.39, 0.29) is 11.8 Å². The molecule has 0 fully saturated rings. The van der Waals surface area contributed by atoms with Crippen LogP contribution in [0.2, 0.25) is 0 Å². The van der Waals surface area contributed by atoms with Crippen molar-refractivity contribution >= 4 is 11.6 Å². The summed E-state index contributed by atoms with van der Waals surface area (Å²) in [5.41, 5.74) is 2.56. The molecule has 1 amide bonds. The van der Waals surface area contributed by atoms with Gasteiger partial charge in [0.2, 0.25) is 5.91 Å². The minimum atomic E-state index is -0.108. The highest BCUT2D eigenvalue weighted by Crippen LogP contribution is 2.24. The molecule has 0 spiro atoms. The zero-order chi connectivity index (χ0) is 16.1. The highest BCUT2D eigenvalue weighted by Gasteiger charge is 2.15. The molecule has 118 valence electrons. The van der Waals surface area contributed by atoms with Gasteiger partial charge in [0.25, 0.3) is 5.89 Å². The van der Waals surface area contributed by atoms with Crippen molar-refractivity contribution in [3.63, 3.8) is 0 Å². The van der Waals surface area contributed by atoms with Gasteiger partial charge in [-0.3, -0.25) is 4.79 Å². The third-order valence-electron chi connectivity index (χ3n) is 3.48. The predicted molar refractivity (Wildman–Crippen MR) is 85.6 cm³/mol. The molecule has 6 heteroatoms. The number of carbonyl (C=O) groups is 1. The SMILES string of the molecule is CCc1noc(-c2ccc(C)c(NC(=O)C(C)CNC)c2)n1. The van der Waals surface area contributed by atoms with Gasteiger partial charge >= 0.3 is 0 Å². The Hall–Kier alpha value is -2.21. The molecule has 2 rings (SSSR count). The highest BCUT2D eigenvalue weighted by atomic mass is 16.5. The summed E-state index contributed by atoms with van der Waals surface area (Å²) in [5, 5.41) is 9.85. The number of carbonyl (C=O) groups excluding carboxylic acids is 1. The van der Waals surface area contributed by atoms with Crippen LogP contribution >= 0.6 is 0 Å². The summed E-state index contributed by atoms with van der Waals surface area (Å²) in [5.74, 6) is 1.01. The van der Waals surface area contributed by atoms with Crippen LogP contribution in [0.1, 0.15) is 25.2 Å². The minimum absolute atomic E-state index is 0.0191. The Bertz CT molecular complexity index is 651. The Morgan fingerprint density at radius 3 is 2.82 bits per heavy atom. The zero-order valence-electron chi connectivity index (χ0n) is 13.4. The Morgan fingerprint density at radius 1 is 1.41 bits per heavy atom. The van der Waals surface area contributed by atoms with E-state index in [9.17, 15) is 4.79 Å².